The van der Waals surface area contributed by atoms with Gasteiger partial charge < -0.3 is 15.2 Å². The van der Waals surface area contributed by atoms with Crippen LogP contribution in [0.2, 0.25) is 0 Å². The highest BCUT2D eigenvalue weighted by molar-refractivity contribution is 7.17. The van der Waals surface area contributed by atoms with Crippen molar-refractivity contribution in [2.24, 2.45) is 0 Å². The molecule has 0 atom stereocenters. The molecule has 0 aliphatic heterocycles. The Balaban J connectivity index is 2.40. The van der Waals surface area contributed by atoms with Gasteiger partial charge in [-0.3, -0.25) is 4.79 Å². The van der Waals surface area contributed by atoms with Crippen LogP contribution in [-0.2, 0) is 0 Å². The molecule has 0 radical (unpaired) electrons. The van der Waals surface area contributed by atoms with Crippen molar-refractivity contribution in [1.29, 1.82) is 5.26 Å². The quantitative estimate of drug-likeness (QED) is 0.639. The molecule has 0 unspecified atom stereocenters. The highest BCUT2D eigenvalue weighted by Crippen LogP contribution is 2.39. The molecule has 3 rings (SSSR count). The first-order valence-electron chi connectivity index (χ1n) is 5.67. The molecule has 1 aromatic carbocycles. The van der Waals surface area contributed by atoms with E-state index in [-0.39, 0.29) is 17.1 Å². The van der Waals surface area contributed by atoms with E-state index in [1.807, 2.05) is 0 Å². The predicted molar refractivity (Wildman–Crippen MR) is 75.9 cm³/mol. The van der Waals surface area contributed by atoms with Crippen molar-refractivity contribution < 1.29 is 10.2 Å². The van der Waals surface area contributed by atoms with Gasteiger partial charge in [-0.15, -0.1) is 11.3 Å². The smallest absolute Gasteiger partial charge is 0.270 e. The van der Waals surface area contributed by atoms with E-state index in [1.165, 1.54) is 11.3 Å². The molecule has 0 amide bonds. The number of rotatable bonds is 1. The van der Waals surface area contributed by atoms with Crippen LogP contribution < -0.4 is 5.56 Å². The number of thiophene rings is 1. The number of H-pyrrole nitrogens is 1. The zero-order valence-corrected chi connectivity index (χ0v) is 10.9. The van der Waals surface area contributed by atoms with Gasteiger partial charge in [-0.05, 0) is 17.7 Å². The molecule has 98 valence electrons. The van der Waals surface area contributed by atoms with Crippen LogP contribution in [0, 0.1) is 11.3 Å². The van der Waals surface area contributed by atoms with Crippen molar-refractivity contribution in [3.63, 3.8) is 0 Å². The number of nitriles is 1. The van der Waals surface area contributed by atoms with E-state index < -0.39 is 5.56 Å². The lowest BCUT2D eigenvalue weighted by molar-refractivity contribution is 0.475. The van der Waals surface area contributed by atoms with Gasteiger partial charge in [0.2, 0.25) is 0 Å². The first-order chi connectivity index (χ1) is 9.61. The summed E-state index contributed by atoms with van der Waals surface area (Å²) in [6.45, 7) is 0. The van der Waals surface area contributed by atoms with Crippen molar-refractivity contribution in [2.75, 3.05) is 0 Å². The molecule has 0 saturated heterocycles. The third-order valence-corrected chi connectivity index (χ3v) is 3.88. The summed E-state index contributed by atoms with van der Waals surface area (Å²) in [6.07, 6.45) is 0. The average molecular weight is 284 g/mol. The zero-order valence-electron chi connectivity index (χ0n) is 10.0. The minimum atomic E-state index is -0.609. The lowest BCUT2D eigenvalue weighted by Gasteiger charge is -2.03. The van der Waals surface area contributed by atoms with Crippen LogP contribution in [0.25, 0.3) is 21.3 Å². The van der Waals surface area contributed by atoms with Gasteiger partial charge in [-0.2, -0.15) is 5.26 Å². The Labute approximate surface area is 117 Å². The monoisotopic (exact) mass is 284 g/mol. The number of fused-ring (bicyclic) bond motifs is 1. The molecule has 0 bridgehead atoms. The Morgan fingerprint density at radius 2 is 2.10 bits per heavy atom. The molecule has 0 spiro atoms. The van der Waals surface area contributed by atoms with Gasteiger partial charge in [-0.25, -0.2) is 0 Å². The summed E-state index contributed by atoms with van der Waals surface area (Å²) in [5, 5.41) is 30.8. The fraction of sp³-hybridized carbons (Fsp3) is 0. The predicted octanol–water partition coefficient (Wildman–Crippen LogP) is 2.54. The SMILES string of the molecule is N#Cc1c(O)c2c(-c3cccc(O)c3)csc2[nH]c1=O. The van der Waals surface area contributed by atoms with Crippen molar-refractivity contribution >= 4 is 21.6 Å². The van der Waals surface area contributed by atoms with Gasteiger partial charge >= 0.3 is 0 Å². The Bertz CT molecular complexity index is 918. The molecule has 0 aliphatic rings. The van der Waals surface area contributed by atoms with E-state index >= 15 is 0 Å². The normalized spacial score (nSPS) is 10.6. The fourth-order valence-corrected chi connectivity index (χ4v) is 3.04. The van der Waals surface area contributed by atoms with Crippen LogP contribution >= 0.6 is 11.3 Å². The number of hydrogen-bond donors (Lipinski definition) is 3. The summed E-state index contributed by atoms with van der Waals surface area (Å²) in [5.41, 5.74) is 0.438. The van der Waals surface area contributed by atoms with E-state index in [0.29, 0.717) is 21.3 Å². The minimum Gasteiger partial charge on any atom is -0.508 e. The second kappa shape index (κ2) is 4.40. The van der Waals surface area contributed by atoms with E-state index in [0.717, 1.165) is 0 Å². The average Bonchev–Trinajstić information content (AvgIpc) is 2.83. The second-order valence-corrected chi connectivity index (χ2v) is 5.07. The highest BCUT2D eigenvalue weighted by Gasteiger charge is 2.17. The molecule has 3 aromatic rings. The number of aromatic nitrogens is 1. The first-order valence-corrected chi connectivity index (χ1v) is 6.55. The van der Waals surface area contributed by atoms with Gasteiger partial charge in [-0.1, -0.05) is 12.1 Å². The largest absolute Gasteiger partial charge is 0.508 e. The molecule has 20 heavy (non-hydrogen) atoms. The number of phenolic OH excluding ortho intramolecular Hbond substituents is 1. The van der Waals surface area contributed by atoms with Crippen molar-refractivity contribution in [2.45, 2.75) is 0 Å². The van der Waals surface area contributed by atoms with Crippen LogP contribution in [0.1, 0.15) is 5.56 Å². The van der Waals surface area contributed by atoms with Gasteiger partial charge in [0.05, 0.1) is 5.39 Å². The lowest BCUT2D eigenvalue weighted by Crippen LogP contribution is -2.09. The number of benzene rings is 1. The topological polar surface area (TPSA) is 97.1 Å². The highest BCUT2D eigenvalue weighted by atomic mass is 32.1. The Morgan fingerprint density at radius 1 is 1.30 bits per heavy atom. The van der Waals surface area contributed by atoms with E-state index in [9.17, 15) is 15.0 Å². The maximum atomic E-state index is 11.6. The van der Waals surface area contributed by atoms with Gasteiger partial charge in [0.15, 0.2) is 5.56 Å². The molecule has 2 aromatic heterocycles. The van der Waals surface area contributed by atoms with Gasteiger partial charge in [0.1, 0.15) is 22.4 Å². The first kappa shape index (κ1) is 12.3. The third kappa shape index (κ3) is 1.73. The number of pyridine rings is 1. The number of aromatic amines is 1. The second-order valence-electron chi connectivity index (χ2n) is 4.19. The molecule has 3 N–H and O–H groups in total. The standard InChI is InChI=1S/C14H8N2O3S/c15-5-9-12(18)11-10(6-20-14(11)16-13(9)19)7-2-1-3-8(17)4-7/h1-4,6,17H,(H2,16,18,19). The number of hydrogen-bond acceptors (Lipinski definition) is 5. The van der Waals surface area contributed by atoms with Crippen LogP contribution in [0.5, 0.6) is 11.5 Å². The Hall–Kier alpha value is -2.78. The summed E-state index contributed by atoms with van der Waals surface area (Å²) >= 11 is 1.26. The van der Waals surface area contributed by atoms with E-state index in [2.05, 4.69) is 4.98 Å². The Morgan fingerprint density at radius 3 is 2.80 bits per heavy atom. The molecular weight excluding hydrogens is 276 g/mol. The van der Waals surface area contributed by atoms with Crippen LogP contribution in [0.4, 0.5) is 0 Å². The van der Waals surface area contributed by atoms with Crippen LogP contribution in [0.15, 0.2) is 34.4 Å². The number of nitrogens with one attached hydrogen (secondary N) is 1. The number of aromatic hydroxyl groups is 2. The van der Waals surface area contributed by atoms with Gasteiger partial charge in [0, 0.05) is 10.9 Å². The van der Waals surface area contributed by atoms with E-state index in [1.54, 1.807) is 35.7 Å². The van der Waals surface area contributed by atoms with Crippen molar-refractivity contribution in [3.05, 3.63) is 45.6 Å². The summed E-state index contributed by atoms with van der Waals surface area (Å²) < 4.78 is 0. The summed E-state index contributed by atoms with van der Waals surface area (Å²) in [6, 6.07) is 8.25. The number of nitrogens with zero attached hydrogens (tertiary/aromatic N) is 1. The molecular formula is C14H8N2O3S. The molecule has 0 saturated carbocycles. The molecule has 6 heteroatoms. The van der Waals surface area contributed by atoms with Crippen LogP contribution in [-0.4, -0.2) is 15.2 Å². The minimum absolute atomic E-state index is 0.103. The third-order valence-electron chi connectivity index (χ3n) is 2.99. The lowest BCUT2D eigenvalue weighted by atomic mass is 10.0. The summed E-state index contributed by atoms with van der Waals surface area (Å²) in [7, 11) is 0. The maximum absolute atomic E-state index is 11.6. The van der Waals surface area contributed by atoms with Crippen LogP contribution in [0.3, 0.4) is 0 Å². The maximum Gasteiger partial charge on any atom is 0.270 e. The van der Waals surface area contributed by atoms with E-state index in [4.69, 9.17) is 5.26 Å². The summed E-state index contributed by atoms with van der Waals surface area (Å²) in [4.78, 5) is 14.7. The molecule has 5 nitrogen and oxygen atoms in total. The Kier molecular flexibility index (Phi) is 2.70. The molecule has 0 fully saturated rings. The zero-order chi connectivity index (χ0) is 14.3. The molecule has 2 heterocycles. The fourth-order valence-electron chi connectivity index (χ4n) is 2.07. The van der Waals surface area contributed by atoms with Crippen molar-refractivity contribution in [3.8, 4) is 28.7 Å². The number of phenols is 1. The van der Waals surface area contributed by atoms with Crippen molar-refractivity contribution in [1.82, 2.24) is 4.98 Å². The molecule has 0 aliphatic carbocycles. The van der Waals surface area contributed by atoms with Gasteiger partial charge in [0.25, 0.3) is 5.56 Å². The summed E-state index contributed by atoms with van der Waals surface area (Å²) in [5.74, 6) is -0.225.